The van der Waals surface area contributed by atoms with E-state index in [0.29, 0.717) is 12.0 Å². The number of benzene rings is 1. The Kier molecular flexibility index (Phi) is 7.31. The number of likely N-dealkylation sites (N-methyl/N-ethyl adjacent to an activating group) is 1. The van der Waals surface area contributed by atoms with E-state index < -0.39 is 0 Å². The highest BCUT2D eigenvalue weighted by atomic mass is 79.9. The third kappa shape index (κ3) is 4.05. The van der Waals surface area contributed by atoms with Crippen LogP contribution in [-0.2, 0) is 6.42 Å². The molecular weight excluding hydrogens is 331 g/mol. The van der Waals surface area contributed by atoms with Crippen molar-refractivity contribution in [3.8, 4) is 0 Å². The van der Waals surface area contributed by atoms with Gasteiger partial charge >= 0.3 is 0 Å². The fourth-order valence-electron chi connectivity index (χ4n) is 3.42. The lowest BCUT2D eigenvalue weighted by molar-refractivity contribution is 0.0626. The third-order valence-corrected chi connectivity index (χ3v) is 5.26. The van der Waals surface area contributed by atoms with Gasteiger partial charge in [-0.25, -0.2) is 4.39 Å². The summed E-state index contributed by atoms with van der Waals surface area (Å²) in [5, 5.41) is 0. The van der Waals surface area contributed by atoms with E-state index in [4.69, 9.17) is 5.73 Å². The summed E-state index contributed by atoms with van der Waals surface area (Å²) in [5.41, 5.74) is 7.18. The second-order valence-corrected chi connectivity index (χ2v) is 6.44. The minimum absolute atomic E-state index is 0.0665. The molecule has 120 valence electrons. The van der Waals surface area contributed by atoms with Crippen LogP contribution in [0.5, 0.6) is 0 Å². The Balaban J connectivity index is 3.03. The fourth-order valence-corrected chi connectivity index (χ4v) is 3.76. The first-order chi connectivity index (χ1) is 9.94. The van der Waals surface area contributed by atoms with Crippen molar-refractivity contribution in [3.05, 3.63) is 34.1 Å². The lowest BCUT2D eigenvalue weighted by atomic mass is 9.80. The molecule has 2 N–H and O–H groups in total. The number of hydrogen-bond donors (Lipinski definition) is 1. The molecule has 4 heteroatoms. The van der Waals surface area contributed by atoms with Gasteiger partial charge in [-0.05, 0) is 50.0 Å². The van der Waals surface area contributed by atoms with Gasteiger partial charge in [0.2, 0.25) is 0 Å². The van der Waals surface area contributed by atoms with E-state index in [-0.39, 0.29) is 17.4 Å². The van der Waals surface area contributed by atoms with Gasteiger partial charge < -0.3 is 5.73 Å². The summed E-state index contributed by atoms with van der Waals surface area (Å²) in [4.78, 5) is 2.43. The molecule has 1 aromatic carbocycles. The summed E-state index contributed by atoms with van der Waals surface area (Å²) in [6.45, 7) is 10.6. The van der Waals surface area contributed by atoms with Crippen molar-refractivity contribution < 1.29 is 4.39 Å². The topological polar surface area (TPSA) is 29.3 Å². The normalized spacial score (nSPS) is 13.7. The fraction of sp³-hybridized carbons (Fsp3) is 0.647. The first-order valence-electron chi connectivity index (χ1n) is 7.89. The molecule has 0 saturated heterocycles. The smallest absolute Gasteiger partial charge is 0.127 e. The summed E-state index contributed by atoms with van der Waals surface area (Å²) in [6, 6.07) is 5.14. The Morgan fingerprint density at radius 3 is 2.19 bits per heavy atom. The van der Waals surface area contributed by atoms with Crippen molar-refractivity contribution in [3.63, 3.8) is 0 Å². The van der Waals surface area contributed by atoms with Crippen LogP contribution in [0, 0.1) is 5.82 Å². The van der Waals surface area contributed by atoms with Crippen LogP contribution in [0.2, 0.25) is 0 Å². The maximum Gasteiger partial charge on any atom is 0.127 e. The first-order valence-corrected chi connectivity index (χ1v) is 8.68. The maximum atomic E-state index is 14.1. The van der Waals surface area contributed by atoms with Crippen LogP contribution >= 0.6 is 15.9 Å². The van der Waals surface area contributed by atoms with Crippen LogP contribution in [0.15, 0.2) is 22.7 Å². The molecule has 0 aromatic heterocycles. The van der Waals surface area contributed by atoms with E-state index in [1.54, 1.807) is 0 Å². The monoisotopic (exact) mass is 358 g/mol. The quantitative estimate of drug-likeness (QED) is 0.747. The van der Waals surface area contributed by atoms with Crippen molar-refractivity contribution >= 4 is 15.9 Å². The third-order valence-electron chi connectivity index (χ3n) is 4.76. The highest BCUT2D eigenvalue weighted by molar-refractivity contribution is 9.10. The molecule has 1 aromatic rings. The van der Waals surface area contributed by atoms with E-state index in [9.17, 15) is 4.39 Å². The number of rotatable bonds is 8. The van der Waals surface area contributed by atoms with Crippen LogP contribution in [0.1, 0.15) is 46.1 Å². The summed E-state index contributed by atoms with van der Waals surface area (Å²) in [7, 11) is 0. The average molecular weight is 359 g/mol. The maximum absolute atomic E-state index is 14.1. The molecule has 0 amide bonds. The van der Waals surface area contributed by atoms with Gasteiger partial charge in [-0.2, -0.15) is 0 Å². The van der Waals surface area contributed by atoms with Gasteiger partial charge in [0.05, 0.1) is 0 Å². The predicted molar refractivity (Wildman–Crippen MR) is 92.0 cm³/mol. The molecule has 0 aliphatic carbocycles. The first kappa shape index (κ1) is 18.6. The molecule has 0 bridgehead atoms. The molecule has 0 spiro atoms. The number of nitrogens with zero attached hydrogens (tertiary/aromatic N) is 1. The Bertz CT molecular complexity index is 442. The van der Waals surface area contributed by atoms with Gasteiger partial charge in [0.1, 0.15) is 5.82 Å². The van der Waals surface area contributed by atoms with Crippen LogP contribution in [0.3, 0.4) is 0 Å². The second-order valence-electron chi connectivity index (χ2n) is 5.53. The molecule has 0 saturated carbocycles. The van der Waals surface area contributed by atoms with Crippen molar-refractivity contribution in [2.24, 2.45) is 5.73 Å². The molecule has 0 aliphatic heterocycles. The number of hydrogen-bond acceptors (Lipinski definition) is 2. The highest BCUT2D eigenvalue weighted by Gasteiger charge is 2.38. The molecule has 1 atom stereocenters. The van der Waals surface area contributed by atoms with Crippen molar-refractivity contribution in [2.45, 2.75) is 58.5 Å². The molecule has 1 unspecified atom stereocenters. The van der Waals surface area contributed by atoms with Crippen molar-refractivity contribution in [1.29, 1.82) is 0 Å². The Labute approximate surface area is 137 Å². The molecule has 0 radical (unpaired) electrons. The van der Waals surface area contributed by atoms with Gasteiger partial charge in [-0.1, -0.05) is 49.7 Å². The van der Waals surface area contributed by atoms with E-state index in [2.05, 4.69) is 48.5 Å². The van der Waals surface area contributed by atoms with Gasteiger partial charge in [0.25, 0.3) is 0 Å². The van der Waals surface area contributed by atoms with Crippen molar-refractivity contribution in [1.82, 2.24) is 4.90 Å². The molecular formula is C17H28BrFN2. The molecule has 2 nitrogen and oxygen atoms in total. The largest absolute Gasteiger partial charge is 0.326 e. The average Bonchev–Trinajstić information content (AvgIpc) is 2.47. The Hall–Kier alpha value is -0.450. The summed E-state index contributed by atoms with van der Waals surface area (Å²) in [5.74, 6) is -0.180. The van der Waals surface area contributed by atoms with Crippen LogP contribution in [0.4, 0.5) is 4.39 Å². The lowest BCUT2D eigenvalue weighted by Gasteiger charge is -2.46. The summed E-state index contributed by atoms with van der Waals surface area (Å²) >= 11 is 3.30. The van der Waals surface area contributed by atoms with Crippen LogP contribution in [-0.4, -0.2) is 29.6 Å². The highest BCUT2D eigenvalue weighted by Crippen LogP contribution is 2.29. The van der Waals surface area contributed by atoms with Crippen LogP contribution < -0.4 is 5.73 Å². The number of halogens is 2. The van der Waals surface area contributed by atoms with E-state index >= 15 is 0 Å². The Morgan fingerprint density at radius 1 is 1.19 bits per heavy atom. The van der Waals surface area contributed by atoms with Gasteiger partial charge in [-0.15, -0.1) is 0 Å². The van der Waals surface area contributed by atoms with Crippen LogP contribution in [0.25, 0.3) is 0 Å². The zero-order valence-electron chi connectivity index (χ0n) is 13.6. The lowest BCUT2D eigenvalue weighted by Crippen LogP contribution is -2.60. The second kappa shape index (κ2) is 8.25. The van der Waals surface area contributed by atoms with Gasteiger partial charge in [0.15, 0.2) is 0 Å². The summed E-state index contributed by atoms with van der Waals surface area (Å²) in [6.07, 6.45) is 2.52. The van der Waals surface area contributed by atoms with Gasteiger partial charge in [0, 0.05) is 16.1 Å². The minimum atomic E-state index is -0.180. The zero-order valence-corrected chi connectivity index (χ0v) is 15.2. The predicted octanol–water partition coefficient (Wildman–Crippen LogP) is 4.36. The standard InChI is InChI=1S/C17H28BrFN2/c1-5-17(6-2,21(7-3)8-4)16(20)11-13-9-10-14(18)12-15(13)19/h9-10,12,16H,5-8,11,20H2,1-4H3. The Morgan fingerprint density at radius 2 is 1.76 bits per heavy atom. The molecule has 1 rings (SSSR count). The molecule has 0 aliphatic rings. The zero-order chi connectivity index (χ0) is 16.0. The SMILES string of the molecule is CCN(CC)C(CC)(CC)C(N)Cc1ccc(Br)cc1F. The molecule has 21 heavy (non-hydrogen) atoms. The van der Waals surface area contributed by atoms with Crippen molar-refractivity contribution in [2.75, 3.05) is 13.1 Å². The molecule has 0 fully saturated rings. The summed E-state index contributed by atoms with van der Waals surface area (Å²) < 4.78 is 14.8. The van der Waals surface area contributed by atoms with E-state index in [1.807, 2.05) is 12.1 Å². The van der Waals surface area contributed by atoms with E-state index in [0.717, 1.165) is 30.4 Å². The number of nitrogens with two attached hydrogens (primary N) is 1. The molecule has 0 heterocycles. The van der Waals surface area contributed by atoms with E-state index in [1.165, 1.54) is 6.07 Å². The van der Waals surface area contributed by atoms with Gasteiger partial charge in [-0.3, -0.25) is 4.90 Å². The minimum Gasteiger partial charge on any atom is -0.326 e.